The van der Waals surface area contributed by atoms with Gasteiger partial charge in [0.2, 0.25) is 5.91 Å². The van der Waals surface area contributed by atoms with Gasteiger partial charge in [0.05, 0.1) is 12.1 Å². The van der Waals surface area contributed by atoms with Crippen LogP contribution in [0.2, 0.25) is 0 Å². The van der Waals surface area contributed by atoms with Crippen LogP contribution in [0.15, 0.2) is 67.3 Å². The summed E-state index contributed by atoms with van der Waals surface area (Å²) in [4.78, 5) is 15.8. The average Bonchev–Trinajstić information content (AvgIpc) is 2.59. The number of halogens is 3. The van der Waals surface area contributed by atoms with E-state index < -0.39 is 11.7 Å². The van der Waals surface area contributed by atoms with Gasteiger partial charge in [0.15, 0.2) is 0 Å². The molecule has 6 heteroatoms. The van der Waals surface area contributed by atoms with Gasteiger partial charge in [-0.1, -0.05) is 42.5 Å². The molecule has 138 valence electrons. The van der Waals surface area contributed by atoms with E-state index in [0.717, 1.165) is 11.8 Å². The lowest BCUT2D eigenvalue weighted by molar-refractivity contribution is -0.138. The van der Waals surface area contributed by atoms with Crippen LogP contribution in [0.1, 0.15) is 11.1 Å². The second-order valence-corrected chi connectivity index (χ2v) is 5.96. The first kappa shape index (κ1) is 19.7. The van der Waals surface area contributed by atoms with Crippen molar-refractivity contribution in [3.05, 3.63) is 78.4 Å². The number of nitrogens with zero attached hydrogens (tertiary/aromatic N) is 2. The van der Waals surface area contributed by atoms with Crippen LogP contribution in [0.25, 0.3) is 0 Å². The molecule has 2 aromatic carbocycles. The molecule has 2 aromatic rings. The van der Waals surface area contributed by atoms with E-state index in [2.05, 4.69) is 6.58 Å². The molecule has 0 unspecified atom stereocenters. The summed E-state index contributed by atoms with van der Waals surface area (Å²) >= 11 is 0. The highest BCUT2D eigenvalue weighted by Crippen LogP contribution is 2.32. The molecule has 0 fully saturated rings. The lowest BCUT2D eigenvalue weighted by Crippen LogP contribution is -2.39. The van der Waals surface area contributed by atoms with Crippen LogP contribution in [-0.4, -0.2) is 30.9 Å². The fourth-order valence-electron chi connectivity index (χ4n) is 2.69. The van der Waals surface area contributed by atoms with Gasteiger partial charge < -0.3 is 4.90 Å². The minimum atomic E-state index is -4.42. The van der Waals surface area contributed by atoms with Gasteiger partial charge in [0, 0.05) is 18.8 Å². The maximum atomic E-state index is 13.1. The van der Waals surface area contributed by atoms with E-state index in [0.29, 0.717) is 6.54 Å². The Bertz CT molecular complexity index is 744. The summed E-state index contributed by atoms with van der Waals surface area (Å²) in [6.07, 6.45) is -2.80. The highest BCUT2D eigenvalue weighted by atomic mass is 19.4. The van der Waals surface area contributed by atoms with Crippen molar-refractivity contribution in [3.63, 3.8) is 0 Å². The molecule has 2 rings (SSSR count). The SMILES string of the molecule is C=CCN(C(=O)CN(C)Cc1ccccc1C(F)(F)F)c1ccccc1. The van der Waals surface area contributed by atoms with Crippen LogP contribution in [0.4, 0.5) is 18.9 Å². The van der Waals surface area contributed by atoms with Gasteiger partial charge in [-0.3, -0.25) is 9.69 Å². The van der Waals surface area contributed by atoms with Gasteiger partial charge in [-0.25, -0.2) is 0 Å². The van der Waals surface area contributed by atoms with Crippen molar-refractivity contribution < 1.29 is 18.0 Å². The highest BCUT2D eigenvalue weighted by molar-refractivity contribution is 5.95. The Balaban J connectivity index is 2.10. The molecule has 0 bridgehead atoms. The summed E-state index contributed by atoms with van der Waals surface area (Å²) in [6, 6.07) is 14.5. The van der Waals surface area contributed by atoms with Crippen molar-refractivity contribution in [2.75, 3.05) is 25.0 Å². The van der Waals surface area contributed by atoms with Crippen molar-refractivity contribution in [2.45, 2.75) is 12.7 Å². The van der Waals surface area contributed by atoms with Crippen LogP contribution in [0.3, 0.4) is 0 Å². The Labute approximate surface area is 151 Å². The van der Waals surface area contributed by atoms with Crippen molar-refractivity contribution in [2.24, 2.45) is 0 Å². The number of carbonyl (C=O) groups excluding carboxylic acids is 1. The summed E-state index contributed by atoms with van der Waals surface area (Å²) in [5, 5.41) is 0. The molecule has 0 heterocycles. The van der Waals surface area contributed by atoms with E-state index in [4.69, 9.17) is 0 Å². The smallest absolute Gasteiger partial charge is 0.308 e. The van der Waals surface area contributed by atoms with Crippen molar-refractivity contribution in [1.82, 2.24) is 4.90 Å². The third-order valence-corrected chi connectivity index (χ3v) is 3.85. The highest BCUT2D eigenvalue weighted by Gasteiger charge is 2.33. The van der Waals surface area contributed by atoms with Crippen LogP contribution in [0.5, 0.6) is 0 Å². The van der Waals surface area contributed by atoms with Crippen molar-refractivity contribution in [3.8, 4) is 0 Å². The number of alkyl halides is 3. The quantitative estimate of drug-likeness (QED) is 0.684. The molecule has 0 spiro atoms. The van der Waals surface area contributed by atoms with Gasteiger partial charge in [-0.2, -0.15) is 13.2 Å². The van der Waals surface area contributed by atoms with Crippen molar-refractivity contribution in [1.29, 1.82) is 0 Å². The normalized spacial score (nSPS) is 11.4. The molecule has 0 aliphatic heterocycles. The number of hydrogen-bond donors (Lipinski definition) is 0. The molecule has 0 saturated carbocycles. The zero-order valence-electron chi connectivity index (χ0n) is 14.5. The Morgan fingerprint density at radius 2 is 1.69 bits per heavy atom. The van der Waals surface area contributed by atoms with Gasteiger partial charge >= 0.3 is 6.18 Å². The van der Waals surface area contributed by atoms with Crippen LogP contribution in [0, 0.1) is 0 Å². The molecule has 0 radical (unpaired) electrons. The van der Waals surface area contributed by atoms with E-state index in [1.165, 1.54) is 12.1 Å². The molecule has 0 N–H and O–H groups in total. The lowest BCUT2D eigenvalue weighted by Gasteiger charge is -2.25. The zero-order valence-corrected chi connectivity index (χ0v) is 14.5. The fraction of sp³-hybridized carbons (Fsp3) is 0.250. The topological polar surface area (TPSA) is 23.6 Å². The summed E-state index contributed by atoms with van der Waals surface area (Å²) in [5.74, 6) is -0.205. The first-order valence-corrected chi connectivity index (χ1v) is 8.13. The molecule has 0 atom stereocenters. The molecule has 26 heavy (non-hydrogen) atoms. The summed E-state index contributed by atoms with van der Waals surface area (Å²) in [6.45, 7) is 4.01. The number of anilines is 1. The number of rotatable bonds is 7. The van der Waals surface area contributed by atoms with E-state index in [1.54, 1.807) is 41.1 Å². The number of carbonyl (C=O) groups is 1. The minimum absolute atomic E-state index is 0.00503. The first-order valence-electron chi connectivity index (χ1n) is 8.13. The van der Waals surface area contributed by atoms with E-state index >= 15 is 0 Å². The van der Waals surface area contributed by atoms with Gasteiger partial charge in [-0.15, -0.1) is 6.58 Å². The number of para-hydroxylation sites is 1. The van der Waals surface area contributed by atoms with Crippen molar-refractivity contribution >= 4 is 11.6 Å². The van der Waals surface area contributed by atoms with E-state index in [-0.39, 0.29) is 24.6 Å². The molecule has 3 nitrogen and oxygen atoms in total. The Morgan fingerprint density at radius 1 is 1.08 bits per heavy atom. The molecular formula is C20H21F3N2O. The summed E-state index contributed by atoms with van der Waals surface area (Å²) in [5.41, 5.74) is 0.192. The number of hydrogen-bond acceptors (Lipinski definition) is 2. The third-order valence-electron chi connectivity index (χ3n) is 3.85. The Morgan fingerprint density at radius 3 is 2.31 bits per heavy atom. The standard InChI is InChI=1S/C20H21F3N2O/c1-3-13-25(17-10-5-4-6-11-17)19(26)15-24(2)14-16-9-7-8-12-18(16)20(21,22)23/h3-12H,1,13-15H2,2H3. The summed E-state index contributed by atoms with van der Waals surface area (Å²) < 4.78 is 39.3. The molecule has 0 aliphatic rings. The molecule has 1 amide bonds. The number of amides is 1. The zero-order chi connectivity index (χ0) is 19.2. The Kier molecular flexibility index (Phi) is 6.58. The van der Waals surface area contributed by atoms with E-state index in [9.17, 15) is 18.0 Å². The number of benzene rings is 2. The van der Waals surface area contributed by atoms with Gasteiger partial charge in [0.1, 0.15) is 0 Å². The largest absolute Gasteiger partial charge is 0.416 e. The van der Waals surface area contributed by atoms with Crippen LogP contribution in [-0.2, 0) is 17.5 Å². The Hall–Kier alpha value is -2.60. The lowest BCUT2D eigenvalue weighted by atomic mass is 10.1. The molecule has 0 saturated heterocycles. The predicted molar refractivity (Wildman–Crippen MR) is 96.8 cm³/mol. The van der Waals surface area contributed by atoms with Crippen LogP contribution < -0.4 is 4.90 Å². The second-order valence-electron chi connectivity index (χ2n) is 5.96. The molecule has 0 aliphatic carbocycles. The monoisotopic (exact) mass is 362 g/mol. The fourth-order valence-corrected chi connectivity index (χ4v) is 2.69. The molecular weight excluding hydrogens is 341 g/mol. The molecule has 0 aromatic heterocycles. The maximum Gasteiger partial charge on any atom is 0.416 e. The average molecular weight is 362 g/mol. The minimum Gasteiger partial charge on any atom is -0.308 e. The maximum absolute atomic E-state index is 13.1. The first-order chi connectivity index (χ1) is 12.3. The number of likely N-dealkylation sites (N-methyl/N-ethyl adjacent to an activating group) is 1. The van der Waals surface area contributed by atoms with E-state index in [1.807, 2.05) is 18.2 Å². The third kappa shape index (κ3) is 5.20. The summed E-state index contributed by atoms with van der Waals surface area (Å²) in [7, 11) is 1.63. The predicted octanol–water partition coefficient (Wildman–Crippen LogP) is 4.36. The second kappa shape index (κ2) is 8.67. The van der Waals surface area contributed by atoms with Crippen LogP contribution >= 0.6 is 0 Å². The van der Waals surface area contributed by atoms with Gasteiger partial charge in [0.25, 0.3) is 0 Å². The van der Waals surface area contributed by atoms with Gasteiger partial charge in [-0.05, 0) is 30.8 Å².